The van der Waals surface area contributed by atoms with E-state index in [0.717, 1.165) is 17.2 Å². The molecule has 1 aromatic heterocycles. The average molecular weight is 597 g/mol. The van der Waals surface area contributed by atoms with Gasteiger partial charge in [-0.1, -0.05) is 54.6 Å². The summed E-state index contributed by atoms with van der Waals surface area (Å²) in [6, 6.07) is 18.0. The molecule has 0 bridgehead atoms. The maximum absolute atomic E-state index is 15.7. The van der Waals surface area contributed by atoms with Crippen molar-refractivity contribution in [2.24, 2.45) is 0 Å². The average Bonchev–Trinajstić information content (AvgIpc) is 3.27. The molecule has 1 saturated heterocycles. The first kappa shape index (κ1) is 26.6. The van der Waals surface area contributed by atoms with E-state index in [-0.39, 0.29) is 62.2 Å². The first-order valence-corrected chi connectivity index (χ1v) is 14.4. The topological polar surface area (TPSA) is 84.3 Å². The number of benzene rings is 3. The number of morpholine rings is 1. The van der Waals surface area contributed by atoms with Crippen LogP contribution in [0.2, 0.25) is 0 Å². The minimum absolute atomic E-state index is 0.0282. The van der Waals surface area contributed by atoms with E-state index in [0.29, 0.717) is 16.8 Å². The number of halogens is 2. The van der Waals surface area contributed by atoms with E-state index < -0.39 is 35.2 Å². The van der Waals surface area contributed by atoms with Crippen molar-refractivity contribution in [3.63, 3.8) is 0 Å². The second kappa shape index (κ2) is 10.0. The van der Waals surface area contributed by atoms with E-state index in [1.54, 1.807) is 9.58 Å². The smallest absolute Gasteiger partial charge is 0.278 e. The number of anilines is 1. The lowest BCUT2D eigenvalue weighted by Gasteiger charge is -2.51. The Morgan fingerprint density at radius 3 is 2.61 bits per heavy atom. The summed E-state index contributed by atoms with van der Waals surface area (Å²) in [5, 5.41) is 1.86. The molecule has 8 rings (SSSR count). The molecule has 0 radical (unpaired) electrons. The Labute approximate surface area is 250 Å². The summed E-state index contributed by atoms with van der Waals surface area (Å²) in [5.41, 5.74) is 2.99. The number of amides is 2. The Hall–Kier alpha value is -5.03. The molecule has 0 saturated carbocycles. The standard InChI is InChI=1S/C33H26F2N4O5/c34-24-10-9-21-23(28(24)35)16-37-27(41)15-20-7-4-8-22(29(20)37)30(21)39-26-18-43-14-13-36(26)33(42)31-32(25(40)11-12-38(31)39)44-17-19-5-2-1-3-6-19/h1-12,26,30H,13-18H2/t26-,30?/m1/s1. The number of aromatic nitrogens is 1. The molecule has 44 heavy (non-hydrogen) atoms. The number of ether oxygens (including phenoxy) is 2. The van der Waals surface area contributed by atoms with Gasteiger partial charge in [-0.15, -0.1) is 0 Å². The van der Waals surface area contributed by atoms with Crippen molar-refractivity contribution in [2.45, 2.75) is 31.8 Å². The monoisotopic (exact) mass is 596 g/mol. The molecule has 222 valence electrons. The molecule has 11 heteroatoms. The number of nitrogens with zero attached hydrogens (tertiary/aromatic N) is 4. The van der Waals surface area contributed by atoms with Crippen molar-refractivity contribution in [3.05, 3.63) is 128 Å². The molecule has 2 atom stereocenters. The predicted octanol–water partition coefficient (Wildman–Crippen LogP) is 3.65. The van der Waals surface area contributed by atoms with Crippen molar-refractivity contribution in [3.8, 4) is 5.75 Å². The van der Waals surface area contributed by atoms with Gasteiger partial charge in [-0.3, -0.25) is 24.1 Å². The number of carbonyl (C=O) groups is 2. The third-order valence-electron chi connectivity index (χ3n) is 8.85. The number of carbonyl (C=O) groups excluding carboxylic acids is 2. The van der Waals surface area contributed by atoms with Crippen LogP contribution in [0.1, 0.15) is 44.3 Å². The number of para-hydroxylation sites is 1. The largest absolute Gasteiger partial charge is 0.482 e. The zero-order valence-electron chi connectivity index (χ0n) is 23.4. The summed E-state index contributed by atoms with van der Waals surface area (Å²) >= 11 is 0. The number of fused-ring (bicyclic) bond motifs is 3. The molecule has 4 aliphatic rings. The molecule has 9 nitrogen and oxygen atoms in total. The van der Waals surface area contributed by atoms with Gasteiger partial charge in [-0.05, 0) is 22.8 Å². The zero-order chi connectivity index (χ0) is 30.1. The minimum atomic E-state index is -1.03. The van der Waals surface area contributed by atoms with Crippen LogP contribution in [0.15, 0.2) is 77.7 Å². The number of hydrogen-bond donors (Lipinski definition) is 0. The number of pyridine rings is 1. The van der Waals surface area contributed by atoms with Gasteiger partial charge in [0.05, 0.1) is 31.9 Å². The molecule has 0 N–H and O–H groups in total. The lowest BCUT2D eigenvalue weighted by Crippen LogP contribution is -2.66. The Kier molecular flexibility index (Phi) is 6.05. The van der Waals surface area contributed by atoms with Gasteiger partial charge >= 0.3 is 0 Å². The first-order valence-electron chi connectivity index (χ1n) is 14.4. The molecular weight excluding hydrogens is 570 g/mol. The highest BCUT2D eigenvalue weighted by Crippen LogP contribution is 2.47. The molecule has 1 unspecified atom stereocenters. The molecule has 4 aromatic rings. The Morgan fingerprint density at radius 1 is 0.932 bits per heavy atom. The van der Waals surface area contributed by atoms with E-state index in [2.05, 4.69) is 0 Å². The summed E-state index contributed by atoms with van der Waals surface area (Å²) in [6.07, 6.45) is 0.978. The summed E-state index contributed by atoms with van der Waals surface area (Å²) in [4.78, 5) is 43.7. The van der Waals surface area contributed by atoms with Crippen molar-refractivity contribution in [2.75, 3.05) is 29.7 Å². The number of rotatable bonds is 4. The van der Waals surface area contributed by atoms with Crippen molar-refractivity contribution in [1.29, 1.82) is 0 Å². The summed E-state index contributed by atoms with van der Waals surface area (Å²) in [6.45, 7) is 0.587. The van der Waals surface area contributed by atoms with Crippen molar-refractivity contribution in [1.82, 2.24) is 9.58 Å². The zero-order valence-corrected chi connectivity index (χ0v) is 23.4. The van der Waals surface area contributed by atoms with Crippen LogP contribution in [-0.2, 0) is 29.1 Å². The lowest BCUT2D eigenvalue weighted by atomic mass is 9.91. The van der Waals surface area contributed by atoms with Crippen LogP contribution in [0.25, 0.3) is 0 Å². The minimum Gasteiger partial charge on any atom is -0.482 e. The molecule has 1 fully saturated rings. The molecular formula is C33H26F2N4O5. The molecule has 2 amide bonds. The highest BCUT2D eigenvalue weighted by Gasteiger charge is 2.48. The maximum atomic E-state index is 15.7. The molecule has 0 spiro atoms. The first-order chi connectivity index (χ1) is 21.4. The van der Waals surface area contributed by atoms with E-state index in [1.807, 2.05) is 53.5 Å². The summed E-state index contributed by atoms with van der Waals surface area (Å²) < 4.78 is 43.9. The Bertz CT molecular complexity index is 1910. The van der Waals surface area contributed by atoms with Crippen LogP contribution in [0.3, 0.4) is 0 Å². The third-order valence-corrected chi connectivity index (χ3v) is 8.85. The molecule has 3 aromatic carbocycles. The van der Waals surface area contributed by atoms with Crippen molar-refractivity contribution < 1.29 is 27.8 Å². The fourth-order valence-corrected chi connectivity index (χ4v) is 6.88. The number of hydrogen-bond acceptors (Lipinski definition) is 6. The molecule has 4 aliphatic heterocycles. The Balaban J connectivity index is 1.38. The van der Waals surface area contributed by atoms with Gasteiger partial charge in [-0.25, -0.2) is 8.78 Å². The fourth-order valence-electron chi connectivity index (χ4n) is 6.88. The van der Waals surface area contributed by atoms with E-state index in [1.165, 1.54) is 23.2 Å². The van der Waals surface area contributed by atoms with Crippen LogP contribution in [0, 0.1) is 11.6 Å². The van der Waals surface area contributed by atoms with Gasteiger partial charge in [0.15, 0.2) is 23.1 Å². The predicted molar refractivity (Wildman–Crippen MR) is 155 cm³/mol. The van der Waals surface area contributed by atoms with Gasteiger partial charge in [0.25, 0.3) is 5.91 Å². The maximum Gasteiger partial charge on any atom is 0.278 e. The van der Waals surface area contributed by atoms with Gasteiger partial charge < -0.3 is 19.3 Å². The second-order valence-electron chi connectivity index (χ2n) is 11.3. The van der Waals surface area contributed by atoms with Crippen LogP contribution in [0.5, 0.6) is 5.75 Å². The van der Waals surface area contributed by atoms with Crippen molar-refractivity contribution >= 4 is 17.5 Å². The van der Waals surface area contributed by atoms with Crippen LogP contribution < -0.4 is 20.1 Å². The molecule has 5 heterocycles. The highest BCUT2D eigenvalue weighted by atomic mass is 19.2. The quantitative estimate of drug-likeness (QED) is 0.358. The fraction of sp³-hybridized carbons (Fsp3) is 0.242. The second-order valence-corrected chi connectivity index (χ2v) is 11.3. The Morgan fingerprint density at radius 2 is 1.77 bits per heavy atom. The third kappa shape index (κ3) is 3.88. The van der Waals surface area contributed by atoms with E-state index in [4.69, 9.17) is 9.47 Å². The van der Waals surface area contributed by atoms with Crippen LogP contribution in [0.4, 0.5) is 14.5 Å². The van der Waals surface area contributed by atoms with Crippen LogP contribution >= 0.6 is 0 Å². The SMILES string of the molecule is O=C1Cc2cccc3c2N1Cc1c(ccc(F)c1F)C3N1[C@@H]2COCCN2C(=O)c2c(OCc3ccccc3)c(=O)ccn21. The van der Waals surface area contributed by atoms with Gasteiger partial charge in [-0.2, -0.15) is 0 Å². The lowest BCUT2D eigenvalue weighted by molar-refractivity contribution is -0.117. The normalized spacial score (nSPS) is 20.1. The van der Waals surface area contributed by atoms with Gasteiger partial charge in [0.2, 0.25) is 11.3 Å². The van der Waals surface area contributed by atoms with Crippen LogP contribution in [-0.4, -0.2) is 47.3 Å². The summed E-state index contributed by atoms with van der Waals surface area (Å²) in [5.74, 6) is -2.76. The van der Waals surface area contributed by atoms with E-state index in [9.17, 15) is 18.8 Å². The summed E-state index contributed by atoms with van der Waals surface area (Å²) in [7, 11) is 0. The highest BCUT2D eigenvalue weighted by molar-refractivity contribution is 6.03. The van der Waals surface area contributed by atoms with Gasteiger partial charge in [0.1, 0.15) is 18.8 Å². The van der Waals surface area contributed by atoms with Gasteiger partial charge in [0, 0.05) is 29.9 Å². The molecule has 0 aliphatic carbocycles. The van der Waals surface area contributed by atoms with E-state index >= 15 is 4.39 Å².